The van der Waals surface area contributed by atoms with E-state index in [1.54, 1.807) is 18.2 Å². The third-order valence-electron chi connectivity index (χ3n) is 3.02. The molecule has 0 aliphatic carbocycles. The summed E-state index contributed by atoms with van der Waals surface area (Å²) in [6.07, 6.45) is 1.53. The van der Waals surface area contributed by atoms with Crippen LogP contribution >= 0.6 is 0 Å². The molecule has 0 atom stereocenters. The fraction of sp³-hybridized carbons (Fsp3) is 0.429. The first-order valence-corrected chi connectivity index (χ1v) is 6.87. The van der Waals surface area contributed by atoms with Crippen molar-refractivity contribution in [3.63, 3.8) is 0 Å². The van der Waals surface area contributed by atoms with E-state index >= 15 is 0 Å². The summed E-state index contributed by atoms with van der Waals surface area (Å²) in [4.78, 5) is 14.8. The highest BCUT2D eigenvalue weighted by atomic mass is 16.6. The van der Waals surface area contributed by atoms with Crippen molar-refractivity contribution in [3.05, 3.63) is 52.1 Å². The van der Waals surface area contributed by atoms with Crippen LogP contribution < -0.4 is 5.32 Å². The molecule has 2 aromatic rings. The molecule has 1 aromatic heterocycles. The molecule has 7 nitrogen and oxygen atoms in total. The lowest BCUT2D eigenvalue weighted by Crippen LogP contribution is -2.19. The zero-order chi connectivity index (χ0) is 15.2. The van der Waals surface area contributed by atoms with E-state index < -0.39 is 0 Å². The minimum atomic E-state index is -0.363. The van der Waals surface area contributed by atoms with E-state index in [1.165, 1.54) is 12.4 Å². The number of para-hydroxylation sites is 1. The van der Waals surface area contributed by atoms with Crippen LogP contribution in [0.4, 0.5) is 5.69 Å². The Morgan fingerprint density at radius 2 is 2.10 bits per heavy atom. The maximum Gasteiger partial charge on any atom is 0.273 e. The average molecular weight is 289 g/mol. The van der Waals surface area contributed by atoms with Crippen LogP contribution in [0.2, 0.25) is 0 Å². The number of nitrogens with zero attached hydrogens (tertiary/aromatic N) is 4. The van der Waals surface area contributed by atoms with Gasteiger partial charge in [0.05, 0.1) is 11.5 Å². The molecule has 1 heterocycles. The van der Waals surface area contributed by atoms with Gasteiger partial charge in [-0.1, -0.05) is 32.0 Å². The van der Waals surface area contributed by atoms with Gasteiger partial charge in [-0.2, -0.15) is 5.10 Å². The number of nitro groups is 1. The summed E-state index contributed by atoms with van der Waals surface area (Å²) in [5.74, 6) is 1.32. The second-order valence-electron chi connectivity index (χ2n) is 5.24. The van der Waals surface area contributed by atoms with E-state index in [0.717, 1.165) is 12.4 Å². The Balaban J connectivity index is 1.96. The first kappa shape index (κ1) is 15.1. The second-order valence-corrected chi connectivity index (χ2v) is 5.24. The van der Waals surface area contributed by atoms with E-state index in [4.69, 9.17) is 0 Å². The van der Waals surface area contributed by atoms with Gasteiger partial charge in [-0.05, 0) is 5.92 Å². The summed E-state index contributed by atoms with van der Waals surface area (Å²) in [6.45, 7) is 5.99. The molecule has 1 aromatic carbocycles. The highest BCUT2D eigenvalue weighted by molar-refractivity contribution is 5.39. The summed E-state index contributed by atoms with van der Waals surface area (Å²) < 4.78 is 1.86. The van der Waals surface area contributed by atoms with Gasteiger partial charge in [0.15, 0.2) is 0 Å². The number of hydrogen-bond acceptors (Lipinski definition) is 5. The third kappa shape index (κ3) is 4.09. The Morgan fingerprint density at radius 1 is 1.33 bits per heavy atom. The maximum absolute atomic E-state index is 10.9. The molecule has 0 unspecified atom stereocenters. The highest BCUT2D eigenvalue weighted by Gasteiger charge is 2.12. The molecule has 0 fully saturated rings. The Bertz CT molecular complexity index is 609. The van der Waals surface area contributed by atoms with Crippen molar-refractivity contribution in [2.45, 2.75) is 33.5 Å². The molecule has 7 heteroatoms. The molecule has 0 spiro atoms. The Hall–Kier alpha value is -2.28. The van der Waals surface area contributed by atoms with Crippen LogP contribution in [0.3, 0.4) is 0 Å². The third-order valence-corrected chi connectivity index (χ3v) is 3.02. The first-order chi connectivity index (χ1) is 10.1. The summed E-state index contributed by atoms with van der Waals surface area (Å²) in [5, 5.41) is 18.3. The standard InChI is InChI=1S/C14H19N5O2/c1-11(2)9-18-14(16-10-17-18)8-15-7-12-5-3-4-6-13(12)19(20)21/h3-6,10-11,15H,7-9H2,1-2H3. The minimum absolute atomic E-state index is 0.133. The van der Waals surface area contributed by atoms with Gasteiger partial charge in [0.1, 0.15) is 12.2 Å². The quantitative estimate of drug-likeness (QED) is 0.623. The number of nitrogens with one attached hydrogen (secondary N) is 1. The number of benzene rings is 1. The van der Waals surface area contributed by atoms with E-state index in [1.807, 2.05) is 4.68 Å². The number of rotatable bonds is 7. The van der Waals surface area contributed by atoms with Gasteiger partial charge in [0, 0.05) is 24.7 Å². The van der Waals surface area contributed by atoms with Crippen LogP contribution in [0.15, 0.2) is 30.6 Å². The number of hydrogen-bond donors (Lipinski definition) is 1. The molecular weight excluding hydrogens is 270 g/mol. The summed E-state index contributed by atoms with van der Waals surface area (Å²) in [6, 6.07) is 6.73. The van der Waals surface area contributed by atoms with E-state index in [0.29, 0.717) is 24.6 Å². The Labute approximate surface area is 123 Å². The van der Waals surface area contributed by atoms with Crippen molar-refractivity contribution < 1.29 is 4.92 Å². The molecule has 0 radical (unpaired) electrons. The lowest BCUT2D eigenvalue weighted by molar-refractivity contribution is -0.385. The van der Waals surface area contributed by atoms with E-state index in [9.17, 15) is 10.1 Å². The normalized spacial score (nSPS) is 11.0. The monoisotopic (exact) mass is 289 g/mol. The number of aromatic nitrogens is 3. The maximum atomic E-state index is 10.9. The van der Waals surface area contributed by atoms with Crippen LogP contribution in [0.1, 0.15) is 25.2 Å². The van der Waals surface area contributed by atoms with Crippen molar-refractivity contribution in [1.29, 1.82) is 0 Å². The van der Waals surface area contributed by atoms with E-state index in [-0.39, 0.29) is 10.6 Å². The summed E-state index contributed by atoms with van der Waals surface area (Å²) >= 11 is 0. The van der Waals surface area contributed by atoms with Crippen LogP contribution in [0, 0.1) is 16.0 Å². The van der Waals surface area contributed by atoms with Gasteiger partial charge in [0.25, 0.3) is 5.69 Å². The fourth-order valence-corrected chi connectivity index (χ4v) is 2.07. The predicted molar refractivity (Wildman–Crippen MR) is 78.5 cm³/mol. The zero-order valence-corrected chi connectivity index (χ0v) is 12.2. The molecular formula is C14H19N5O2. The van der Waals surface area contributed by atoms with Crippen molar-refractivity contribution in [3.8, 4) is 0 Å². The first-order valence-electron chi connectivity index (χ1n) is 6.87. The topological polar surface area (TPSA) is 85.9 Å². The van der Waals surface area contributed by atoms with Crippen molar-refractivity contribution in [1.82, 2.24) is 20.1 Å². The zero-order valence-electron chi connectivity index (χ0n) is 12.2. The Morgan fingerprint density at radius 3 is 2.81 bits per heavy atom. The molecule has 0 amide bonds. The molecule has 112 valence electrons. The van der Waals surface area contributed by atoms with Crippen LogP contribution in [0.5, 0.6) is 0 Å². The Kier molecular flexibility index (Phi) is 4.99. The molecule has 0 saturated heterocycles. The highest BCUT2D eigenvalue weighted by Crippen LogP contribution is 2.17. The largest absolute Gasteiger partial charge is 0.305 e. The van der Waals surface area contributed by atoms with Crippen LogP contribution in [-0.4, -0.2) is 19.7 Å². The van der Waals surface area contributed by atoms with Crippen molar-refractivity contribution in [2.75, 3.05) is 0 Å². The molecule has 0 bridgehead atoms. The van der Waals surface area contributed by atoms with Gasteiger partial charge in [0.2, 0.25) is 0 Å². The number of nitro benzene ring substituents is 1. The summed E-state index contributed by atoms with van der Waals surface area (Å²) in [7, 11) is 0. The fourth-order valence-electron chi connectivity index (χ4n) is 2.07. The lowest BCUT2D eigenvalue weighted by atomic mass is 10.2. The molecule has 2 rings (SSSR count). The molecule has 0 aliphatic rings. The average Bonchev–Trinajstić information content (AvgIpc) is 2.86. The van der Waals surface area contributed by atoms with Gasteiger partial charge >= 0.3 is 0 Å². The minimum Gasteiger partial charge on any atom is -0.305 e. The molecule has 0 aliphatic heterocycles. The van der Waals surface area contributed by atoms with E-state index in [2.05, 4.69) is 29.2 Å². The summed E-state index contributed by atoms with van der Waals surface area (Å²) in [5.41, 5.74) is 0.797. The van der Waals surface area contributed by atoms with Crippen LogP contribution in [0.25, 0.3) is 0 Å². The van der Waals surface area contributed by atoms with Gasteiger partial charge in [-0.3, -0.25) is 10.1 Å². The van der Waals surface area contributed by atoms with Crippen molar-refractivity contribution in [2.24, 2.45) is 5.92 Å². The second kappa shape index (κ2) is 6.94. The van der Waals surface area contributed by atoms with Gasteiger partial charge < -0.3 is 5.32 Å². The predicted octanol–water partition coefficient (Wildman–Crippen LogP) is 2.13. The smallest absolute Gasteiger partial charge is 0.273 e. The van der Waals surface area contributed by atoms with Crippen LogP contribution in [-0.2, 0) is 19.6 Å². The lowest BCUT2D eigenvalue weighted by Gasteiger charge is -2.09. The molecule has 21 heavy (non-hydrogen) atoms. The van der Waals surface area contributed by atoms with Crippen molar-refractivity contribution >= 4 is 5.69 Å². The van der Waals surface area contributed by atoms with Gasteiger partial charge in [-0.25, -0.2) is 9.67 Å². The molecule has 1 N–H and O–H groups in total. The SMILES string of the molecule is CC(C)Cn1ncnc1CNCc1ccccc1[N+](=O)[O-]. The molecule has 0 saturated carbocycles. The van der Waals surface area contributed by atoms with Gasteiger partial charge in [-0.15, -0.1) is 0 Å².